The van der Waals surface area contributed by atoms with Gasteiger partial charge in [0.05, 0.1) is 6.54 Å². The molecule has 0 saturated heterocycles. The smallest absolute Gasteiger partial charge is 0.239 e. The third-order valence-electron chi connectivity index (χ3n) is 2.74. The van der Waals surface area contributed by atoms with Crippen molar-refractivity contribution in [1.29, 1.82) is 0 Å². The van der Waals surface area contributed by atoms with Crippen molar-refractivity contribution in [2.75, 3.05) is 25.0 Å². The summed E-state index contributed by atoms with van der Waals surface area (Å²) in [6.07, 6.45) is 0.841. The Morgan fingerprint density at radius 1 is 1.47 bits per heavy atom. The summed E-state index contributed by atoms with van der Waals surface area (Å²) >= 11 is 0. The molecule has 4 heteroatoms. The van der Waals surface area contributed by atoms with Crippen LogP contribution in [0.1, 0.15) is 22.8 Å². The van der Waals surface area contributed by atoms with Crippen LogP contribution in [0, 0.1) is 6.92 Å². The lowest BCUT2D eigenvalue weighted by molar-refractivity contribution is -0.119. The molecule has 0 aliphatic heterocycles. The first kappa shape index (κ1) is 13.2. The van der Waals surface area contributed by atoms with E-state index in [-0.39, 0.29) is 5.91 Å². The highest BCUT2D eigenvalue weighted by atomic mass is 16.1. The van der Waals surface area contributed by atoms with Gasteiger partial charge in [0.25, 0.3) is 0 Å². The Hall–Kier alpha value is -1.84. The van der Waals surface area contributed by atoms with Crippen molar-refractivity contribution in [3.05, 3.63) is 29.3 Å². The van der Waals surface area contributed by atoms with Crippen LogP contribution in [0.15, 0.2) is 18.2 Å². The van der Waals surface area contributed by atoms with Crippen LogP contribution in [-0.4, -0.2) is 32.3 Å². The summed E-state index contributed by atoms with van der Waals surface area (Å²) < 4.78 is 0. The molecule has 0 fully saturated rings. The minimum atomic E-state index is -0.0241. The monoisotopic (exact) mass is 234 g/mol. The fourth-order valence-electron chi connectivity index (χ4n) is 1.63. The maximum atomic E-state index is 11.4. The van der Waals surface area contributed by atoms with E-state index in [1.807, 2.05) is 30.9 Å². The summed E-state index contributed by atoms with van der Waals surface area (Å²) in [5, 5.41) is 2.60. The molecule has 17 heavy (non-hydrogen) atoms. The van der Waals surface area contributed by atoms with Gasteiger partial charge in [-0.2, -0.15) is 0 Å². The predicted octanol–water partition coefficient (Wildman–Crippen LogP) is 1.38. The second-order valence-corrected chi connectivity index (χ2v) is 3.85. The lowest BCUT2D eigenvalue weighted by Gasteiger charge is -2.22. The average molecular weight is 234 g/mol. The first-order valence-corrected chi connectivity index (χ1v) is 5.63. The lowest BCUT2D eigenvalue weighted by Crippen LogP contribution is -2.35. The van der Waals surface area contributed by atoms with E-state index < -0.39 is 0 Å². The van der Waals surface area contributed by atoms with Crippen molar-refractivity contribution in [2.45, 2.75) is 13.8 Å². The van der Waals surface area contributed by atoms with Crippen LogP contribution in [0.2, 0.25) is 0 Å². The number of likely N-dealkylation sites (N-methyl/N-ethyl adjacent to an activating group) is 2. The van der Waals surface area contributed by atoms with Gasteiger partial charge in [0, 0.05) is 24.8 Å². The van der Waals surface area contributed by atoms with Crippen LogP contribution in [0.5, 0.6) is 0 Å². The van der Waals surface area contributed by atoms with Gasteiger partial charge in [-0.25, -0.2) is 0 Å². The molecule has 1 aromatic rings. The van der Waals surface area contributed by atoms with Crippen LogP contribution < -0.4 is 10.2 Å². The van der Waals surface area contributed by atoms with Gasteiger partial charge >= 0.3 is 0 Å². The zero-order chi connectivity index (χ0) is 12.8. The van der Waals surface area contributed by atoms with E-state index >= 15 is 0 Å². The maximum absolute atomic E-state index is 11.4. The van der Waals surface area contributed by atoms with Crippen molar-refractivity contribution < 1.29 is 9.59 Å². The fourth-order valence-corrected chi connectivity index (χ4v) is 1.63. The molecular weight excluding hydrogens is 216 g/mol. The lowest BCUT2D eigenvalue weighted by atomic mass is 10.1. The van der Waals surface area contributed by atoms with Gasteiger partial charge in [-0.05, 0) is 37.6 Å². The Bertz CT molecular complexity index is 416. The molecule has 4 nitrogen and oxygen atoms in total. The van der Waals surface area contributed by atoms with Gasteiger partial charge in [0.2, 0.25) is 5.91 Å². The Morgan fingerprint density at radius 2 is 2.18 bits per heavy atom. The van der Waals surface area contributed by atoms with E-state index in [2.05, 4.69) is 5.32 Å². The largest absolute Gasteiger partial charge is 0.362 e. The second kappa shape index (κ2) is 6.03. The minimum absolute atomic E-state index is 0.0241. The molecule has 0 aliphatic rings. The van der Waals surface area contributed by atoms with Crippen molar-refractivity contribution >= 4 is 17.9 Å². The number of benzene rings is 1. The van der Waals surface area contributed by atoms with E-state index in [4.69, 9.17) is 0 Å². The number of rotatable bonds is 5. The number of carbonyl (C=O) groups is 2. The van der Waals surface area contributed by atoms with Crippen LogP contribution in [-0.2, 0) is 4.79 Å². The number of aryl methyl sites for hydroxylation is 1. The maximum Gasteiger partial charge on any atom is 0.239 e. The van der Waals surface area contributed by atoms with Crippen molar-refractivity contribution in [1.82, 2.24) is 5.32 Å². The van der Waals surface area contributed by atoms with Crippen LogP contribution >= 0.6 is 0 Å². The molecule has 0 radical (unpaired) electrons. The zero-order valence-electron chi connectivity index (χ0n) is 10.5. The number of hydrogen-bond acceptors (Lipinski definition) is 3. The van der Waals surface area contributed by atoms with Crippen LogP contribution in [0.25, 0.3) is 0 Å². The highest BCUT2D eigenvalue weighted by Gasteiger charge is 2.09. The first-order chi connectivity index (χ1) is 8.12. The molecule has 0 unspecified atom stereocenters. The molecule has 0 spiro atoms. The highest BCUT2D eigenvalue weighted by Crippen LogP contribution is 2.18. The first-order valence-electron chi connectivity index (χ1n) is 5.63. The summed E-state index contributed by atoms with van der Waals surface area (Å²) in [4.78, 5) is 24.0. The molecule has 0 atom stereocenters. The molecule has 1 aromatic carbocycles. The van der Waals surface area contributed by atoms with Gasteiger partial charge in [0.15, 0.2) is 0 Å². The van der Waals surface area contributed by atoms with Crippen LogP contribution in [0.3, 0.4) is 0 Å². The number of amides is 1. The predicted molar refractivity (Wildman–Crippen MR) is 68.5 cm³/mol. The molecule has 0 bridgehead atoms. The Labute approximate surface area is 102 Å². The van der Waals surface area contributed by atoms with E-state index in [0.717, 1.165) is 24.1 Å². The molecule has 1 rings (SSSR count). The minimum Gasteiger partial charge on any atom is -0.362 e. The number of nitrogens with zero attached hydrogens (tertiary/aromatic N) is 1. The molecule has 1 amide bonds. The normalized spacial score (nSPS) is 9.82. The molecule has 1 N–H and O–H groups in total. The van der Waals surface area contributed by atoms with Gasteiger partial charge in [-0.1, -0.05) is 0 Å². The van der Waals surface area contributed by atoms with Crippen molar-refractivity contribution in [2.24, 2.45) is 0 Å². The van der Waals surface area contributed by atoms with Gasteiger partial charge in [-0.3, -0.25) is 9.59 Å². The fraction of sp³-hybridized carbons (Fsp3) is 0.385. The molecular formula is C13H18N2O2. The SMILES string of the molecule is CCN(CC(=O)NC)c1ccc(C=O)c(C)c1. The van der Waals surface area contributed by atoms with Crippen molar-refractivity contribution in [3.63, 3.8) is 0 Å². The Kier molecular flexibility index (Phi) is 4.69. The molecule has 0 aliphatic carbocycles. The van der Waals surface area contributed by atoms with Crippen molar-refractivity contribution in [3.8, 4) is 0 Å². The third-order valence-corrected chi connectivity index (χ3v) is 2.74. The number of aldehydes is 1. The Morgan fingerprint density at radius 3 is 2.65 bits per heavy atom. The second-order valence-electron chi connectivity index (χ2n) is 3.85. The summed E-state index contributed by atoms with van der Waals surface area (Å²) in [5.41, 5.74) is 2.57. The standard InChI is InChI=1S/C13H18N2O2/c1-4-15(8-13(17)14-3)12-6-5-11(9-16)10(2)7-12/h5-7,9H,4,8H2,1-3H3,(H,14,17). The zero-order valence-corrected chi connectivity index (χ0v) is 10.5. The number of hydrogen-bond donors (Lipinski definition) is 1. The summed E-state index contributed by atoms with van der Waals surface area (Å²) in [7, 11) is 1.62. The van der Waals surface area contributed by atoms with Crippen LogP contribution in [0.4, 0.5) is 5.69 Å². The van der Waals surface area contributed by atoms with Gasteiger partial charge in [-0.15, -0.1) is 0 Å². The van der Waals surface area contributed by atoms with E-state index in [1.165, 1.54) is 0 Å². The molecule has 92 valence electrons. The Balaban J connectivity index is 2.92. The molecule has 0 aromatic heterocycles. The van der Waals surface area contributed by atoms with E-state index in [1.54, 1.807) is 13.1 Å². The van der Waals surface area contributed by atoms with E-state index in [9.17, 15) is 9.59 Å². The summed E-state index contributed by atoms with van der Waals surface area (Å²) in [5.74, 6) is -0.0241. The van der Waals surface area contributed by atoms with Gasteiger partial charge in [0.1, 0.15) is 6.29 Å². The third kappa shape index (κ3) is 3.31. The number of nitrogens with one attached hydrogen (secondary N) is 1. The number of anilines is 1. The van der Waals surface area contributed by atoms with Gasteiger partial charge < -0.3 is 10.2 Å². The topological polar surface area (TPSA) is 49.4 Å². The molecule has 0 heterocycles. The highest BCUT2D eigenvalue weighted by molar-refractivity contribution is 5.82. The summed E-state index contributed by atoms with van der Waals surface area (Å²) in [6.45, 7) is 4.95. The average Bonchev–Trinajstić information content (AvgIpc) is 2.35. The van der Waals surface area contributed by atoms with E-state index in [0.29, 0.717) is 12.1 Å². The number of carbonyl (C=O) groups excluding carboxylic acids is 2. The summed E-state index contributed by atoms with van der Waals surface area (Å²) in [6, 6.07) is 5.57. The molecule has 0 saturated carbocycles. The quantitative estimate of drug-likeness (QED) is 0.783.